The summed E-state index contributed by atoms with van der Waals surface area (Å²) in [6.45, 7) is 0. The fraction of sp³-hybridized carbons (Fsp3) is 0. The average Bonchev–Trinajstić information content (AvgIpc) is 2.47. The van der Waals surface area contributed by atoms with Gasteiger partial charge in [0.1, 0.15) is 0 Å². The summed E-state index contributed by atoms with van der Waals surface area (Å²) >= 11 is 18.5. The van der Waals surface area contributed by atoms with Crippen molar-refractivity contribution in [3.8, 4) is 22.5 Å². The third-order valence-corrected chi connectivity index (χ3v) is 3.90. The van der Waals surface area contributed by atoms with Gasteiger partial charge in [0.05, 0.1) is 21.4 Å². The number of nitrogens with zero attached hydrogens (tertiary/aromatic N) is 1. The molecule has 21 heavy (non-hydrogen) atoms. The molecule has 0 unspecified atom stereocenters. The molecule has 0 aliphatic carbocycles. The fourth-order valence-electron chi connectivity index (χ4n) is 2.13. The second kappa shape index (κ2) is 6.07. The molecular weight excluding hydrogens is 325 g/mol. The molecule has 0 aliphatic rings. The van der Waals surface area contributed by atoms with E-state index in [1.807, 2.05) is 48.5 Å². The van der Waals surface area contributed by atoms with E-state index >= 15 is 0 Å². The summed E-state index contributed by atoms with van der Waals surface area (Å²) in [5, 5.41) is 1.49. The van der Waals surface area contributed by atoms with E-state index in [4.69, 9.17) is 34.8 Å². The highest BCUT2D eigenvalue weighted by molar-refractivity contribution is 6.41. The largest absolute Gasteiger partial charge is 0.248 e. The Bertz CT molecular complexity index is 762. The molecular formula is C17H10Cl3N. The Morgan fingerprint density at radius 2 is 1.29 bits per heavy atom. The molecule has 0 fully saturated rings. The summed E-state index contributed by atoms with van der Waals surface area (Å²) in [6, 6.07) is 19.1. The van der Waals surface area contributed by atoms with Crippen molar-refractivity contribution in [1.82, 2.24) is 4.98 Å². The van der Waals surface area contributed by atoms with Gasteiger partial charge in [0.25, 0.3) is 0 Å². The van der Waals surface area contributed by atoms with Crippen LogP contribution in [0.5, 0.6) is 0 Å². The van der Waals surface area contributed by atoms with Gasteiger partial charge in [-0.05, 0) is 24.3 Å². The van der Waals surface area contributed by atoms with Crippen molar-refractivity contribution in [2.45, 2.75) is 0 Å². The van der Waals surface area contributed by atoms with Gasteiger partial charge in [0, 0.05) is 16.1 Å². The van der Waals surface area contributed by atoms with Crippen molar-refractivity contribution < 1.29 is 0 Å². The third kappa shape index (κ3) is 3.06. The molecule has 0 spiro atoms. The van der Waals surface area contributed by atoms with E-state index in [1.165, 1.54) is 0 Å². The first kappa shape index (κ1) is 14.4. The van der Waals surface area contributed by atoms with E-state index < -0.39 is 0 Å². The molecule has 3 rings (SSSR count). The number of hydrogen-bond acceptors (Lipinski definition) is 1. The highest BCUT2D eigenvalue weighted by atomic mass is 35.5. The number of hydrogen-bond donors (Lipinski definition) is 0. The van der Waals surface area contributed by atoms with E-state index in [0.29, 0.717) is 20.6 Å². The third-order valence-electron chi connectivity index (χ3n) is 3.08. The molecule has 1 aromatic heterocycles. The molecule has 104 valence electrons. The normalized spacial score (nSPS) is 10.6. The predicted molar refractivity (Wildman–Crippen MR) is 90.1 cm³/mol. The lowest BCUT2D eigenvalue weighted by molar-refractivity contribution is 1.32. The van der Waals surface area contributed by atoms with Gasteiger partial charge in [-0.1, -0.05) is 71.2 Å². The summed E-state index contributed by atoms with van der Waals surface area (Å²) in [5.41, 5.74) is 3.33. The van der Waals surface area contributed by atoms with Crippen LogP contribution in [0.15, 0.2) is 60.7 Å². The second-order valence-corrected chi connectivity index (χ2v) is 5.77. The Balaban J connectivity index is 2.13. The van der Waals surface area contributed by atoms with Crippen molar-refractivity contribution in [2.24, 2.45) is 0 Å². The number of aromatic nitrogens is 1. The van der Waals surface area contributed by atoms with Crippen molar-refractivity contribution in [3.63, 3.8) is 0 Å². The number of halogens is 3. The summed E-state index contributed by atoms with van der Waals surface area (Å²) in [4.78, 5) is 4.65. The maximum absolute atomic E-state index is 6.26. The Morgan fingerprint density at radius 3 is 1.95 bits per heavy atom. The molecule has 4 heteroatoms. The zero-order valence-corrected chi connectivity index (χ0v) is 13.1. The van der Waals surface area contributed by atoms with Crippen LogP contribution < -0.4 is 0 Å². The molecule has 0 bridgehead atoms. The Kier molecular flexibility index (Phi) is 4.16. The Morgan fingerprint density at radius 1 is 0.667 bits per heavy atom. The minimum Gasteiger partial charge on any atom is -0.248 e. The second-order valence-electron chi connectivity index (χ2n) is 4.52. The molecule has 0 radical (unpaired) electrons. The molecule has 0 saturated carbocycles. The van der Waals surface area contributed by atoms with Gasteiger partial charge in [0.2, 0.25) is 0 Å². The van der Waals surface area contributed by atoms with Crippen LogP contribution in [0.25, 0.3) is 22.5 Å². The maximum Gasteiger partial charge on any atom is 0.0739 e. The smallest absolute Gasteiger partial charge is 0.0739 e. The van der Waals surface area contributed by atoms with E-state index in [2.05, 4.69) is 4.98 Å². The monoisotopic (exact) mass is 333 g/mol. The quantitative estimate of drug-likeness (QED) is 0.530. The van der Waals surface area contributed by atoms with Crippen LogP contribution in [-0.2, 0) is 0 Å². The van der Waals surface area contributed by atoms with Crippen LogP contribution >= 0.6 is 34.8 Å². The van der Waals surface area contributed by atoms with E-state index in [1.54, 1.807) is 12.1 Å². The SMILES string of the molecule is Clc1cc(Cl)c(-c2cccc(-c3ccccc3)n2)c(Cl)c1. The van der Waals surface area contributed by atoms with Gasteiger partial charge in [-0.25, -0.2) is 4.98 Å². The lowest BCUT2D eigenvalue weighted by Crippen LogP contribution is -1.89. The standard InChI is InChI=1S/C17H10Cl3N/c18-12-9-13(19)17(14(20)10-12)16-8-4-7-15(21-16)11-5-2-1-3-6-11/h1-10H. The van der Waals surface area contributed by atoms with Crippen molar-refractivity contribution in [3.05, 3.63) is 75.7 Å². The number of pyridine rings is 1. The Hall–Kier alpha value is -1.54. The molecule has 1 nitrogen and oxygen atoms in total. The van der Waals surface area contributed by atoms with Gasteiger partial charge in [-0.2, -0.15) is 0 Å². The van der Waals surface area contributed by atoms with Gasteiger partial charge < -0.3 is 0 Å². The van der Waals surface area contributed by atoms with E-state index in [9.17, 15) is 0 Å². The minimum absolute atomic E-state index is 0.491. The number of rotatable bonds is 2. The summed E-state index contributed by atoms with van der Waals surface area (Å²) in [7, 11) is 0. The van der Waals surface area contributed by atoms with Gasteiger partial charge in [-0.15, -0.1) is 0 Å². The van der Waals surface area contributed by atoms with Gasteiger partial charge in [-0.3, -0.25) is 0 Å². The lowest BCUT2D eigenvalue weighted by Gasteiger charge is -2.09. The van der Waals surface area contributed by atoms with Gasteiger partial charge in [0.15, 0.2) is 0 Å². The first-order chi connectivity index (χ1) is 10.1. The van der Waals surface area contributed by atoms with Crippen molar-refractivity contribution >= 4 is 34.8 Å². The minimum atomic E-state index is 0.491. The highest BCUT2D eigenvalue weighted by Crippen LogP contribution is 2.36. The van der Waals surface area contributed by atoms with Crippen molar-refractivity contribution in [1.29, 1.82) is 0 Å². The first-order valence-corrected chi connectivity index (χ1v) is 7.46. The predicted octanol–water partition coefficient (Wildman–Crippen LogP) is 6.38. The molecule has 2 aromatic carbocycles. The van der Waals surface area contributed by atoms with E-state index in [0.717, 1.165) is 17.0 Å². The molecule has 0 amide bonds. The van der Waals surface area contributed by atoms with Crippen LogP contribution in [0.4, 0.5) is 0 Å². The van der Waals surface area contributed by atoms with Crippen LogP contribution in [0.3, 0.4) is 0 Å². The molecule has 3 aromatic rings. The summed E-state index contributed by atoms with van der Waals surface area (Å²) < 4.78 is 0. The zero-order valence-electron chi connectivity index (χ0n) is 10.9. The molecule has 0 atom stereocenters. The molecule has 0 saturated heterocycles. The van der Waals surface area contributed by atoms with Crippen LogP contribution in [0.2, 0.25) is 15.1 Å². The fourth-order valence-corrected chi connectivity index (χ4v) is 3.14. The van der Waals surface area contributed by atoms with E-state index in [-0.39, 0.29) is 0 Å². The molecule has 1 heterocycles. The van der Waals surface area contributed by atoms with Crippen molar-refractivity contribution in [2.75, 3.05) is 0 Å². The van der Waals surface area contributed by atoms with Crippen LogP contribution in [0, 0.1) is 0 Å². The average molecular weight is 335 g/mol. The zero-order chi connectivity index (χ0) is 14.8. The van der Waals surface area contributed by atoms with Crippen LogP contribution in [0.1, 0.15) is 0 Å². The summed E-state index contributed by atoms with van der Waals surface area (Å²) in [6.07, 6.45) is 0. The topological polar surface area (TPSA) is 12.9 Å². The molecule has 0 aliphatic heterocycles. The maximum atomic E-state index is 6.26. The lowest BCUT2D eigenvalue weighted by atomic mass is 10.1. The Labute approximate surface area is 138 Å². The summed E-state index contributed by atoms with van der Waals surface area (Å²) in [5.74, 6) is 0. The van der Waals surface area contributed by atoms with Crippen LogP contribution in [-0.4, -0.2) is 4.98 Å². The molecule has 0 N–H and O–H groups in total. The van der Waals surface area contributed by atoms with Gasteiger partial charge >= 0.3 is 0 Å². The first-order valence-electron chi connectivity index (χ1n) is 6.32. The number of benzene rings is 2. The highest BCUT2D eigenvalue weighted by Gasteiger charge is 2.12.